The van der Waals surface area contributed by atoms with Gasteiger partial charge in [-0.2, -0.15) is 0 Å². The Balaban J connectivity index is 1.93. The fourth-order valence-electron chi connectivity index (χ4n) is 3.56. The van der Waals surface area contributed by atoms with Crippen LogP contribution in [0, 0.1) is 5.92 Å². The first-order chi connectivity index (χ1) is 8.65. The summed E-state index contributed by atoms with van der Waals surface area (Å²) in [5, 5.41) is 0.868. The van der Waals surface area contributed by atoms with Gasteiger partial charge in [-0.1, -0.05) is 17.7 Å². The molecule has 3 unspecified atom stereocenters. The average molecular weight is 265 g/mol. The van der Waals surface area contributed by atoms with Crippen LogP contribution in [0.3, 0.4) is 0 Å². The van der Waals surface area contributed by atoms with Crippen LogP contribution >= 0.6 is 11.6 Å². The molecule has 2 nitrogen and oxygen atoms in total. The second-order valence-corrected chi connectivity index (χ2v) is 6.31. The lowest BCUT2D eigenvalue weighted by Gasteiger charge is -2.31. The van der Waals surface area contributed by atoms with E-state index >= 15 is 0 Å². The maximum Gasteiger partial charge on any atom is 0.0459 e. The van der Waals surface area contributed by atoms with Crippen LogP contribution in [0.2, 0.25) is 5.02 Å². The maximum absolute atomic E-state index is 6.37. The van der Waals surface area contributed by atoms with Crippen molar-refractivity contribution in [2.24, 2.45) is 11.7 Å². The number of nitrogens with zero attached hydrogens (tertiary/aromatic N) is 1. The Morgan fingerprint density at radius 1 is 1.44 bits per heavy atom. The molecule has 0 amide bonds. The van der Waals surface area contributed by atoms with E-state index in [1.807, 2.05) is 13.0 Å². The van der Waals surface area contributed by atoms with Crippen LogP contribution in [0.1, 0.15) is 31.7 Å². The van der Waals surface area contributed by atoms with Gasteiger partial charge in [-0.05, 0) is 56.2 Å². The average Bonchev–Trinajstić information content (AvgIpc) is 2.93. The third-order valence-electron chi connectivity index (χ3n) is 4.34. The summed E-state index contributed by atoms with van der Waals surface area (Å²) in [7, 11) is 0. The number of halogens is 1. The normalized spacial score (nSPS) is 27.8. The van der Waals surface area contributed by atoms with Gasteiger partial charge in [-0.25, -0.2) is 0 Å². The molecule has 1 heterocycles. The third-order valence-corrected chi connectivity index (χ3v) is 4.69. The van der Waals surface area contributed by atoms with Crippen LogP contribution < -0.4 is 10.6 Å². The summed E-state index contributed by atoms with van der Waals surface area (Å²) in [5.41, 5.74) is 8.52. The molecule has 2 N–H and O–H groups in total. The molecule has 2 fully saturated rings. The number of nitrogens with two attached hydrogens (primary N) is 1. The molecule has 3 rings (SSSR count). The molecule has 1 aromatic rings. The topological polar surface area (TPSA) is 29.3 Å². The summed E-state index contributed by atoms with van der Waals surface area (Å²) in [4.78, 5) is 2.57. The van der Waals surface area contributed by atoms with Gasteiger partial charge in [-0.3, -0.25) is 0 Å². The van der Waals surface area contributed by atoms with Crippen molar-refractivity contribution in [1.82, 2.24) is 0 Å². The van der Waals surface area contributed by atoms with E-state index in [-0.39, 0.29) is 6.04 Å². The predicted octanol–water partition coefficient (Wildman–Crippen LogP) is 3.22. The number of anilines is 1. The van der Waals surface area contributed by atoms with Gasteiger partial charge in [0.25, 0.3) is 0 Å². The maximum atomic E-state index is 6.37. The van der Waals surface area contributed by atoms with Gasteiger partial charge in [-0.15, -0.1) is 0 Å². The van der Waals surface area contributed by atoms with Crippen molar-refractivity contribution < 1.29 is 0 Å². The number of benzene rings is 1. The molecular weight excluding hydrogens is 244 g/mol. The van der Waals surface area contributed by atoms with Crippen molar-refractivity contribution in [3.05, 3.63) is 28.8 Å². The van der Waals surface area contributed by atoms with Crippen LogP contribution in [-0.2, 0) is 6.42 Å². The van der Waals surface area contributed by atoms with Crippen molar-refractivity contribution in [3.63, 3.8) is 0 Å². The molecule has 3 heteroatoms. The molecule has 1 saturated carbocycles. The van der Waals surface area contributed by atoms with Crippen molar-refractivity contribution in [2.75, 3.05) is 11.4 Å². The number of hydrogen-bond acceptors (Lipinski definition) is 2. The zero-order valence-corrected chi connectivity index (χ0v) is 11.7. The van der Waals surface area contributed by atoms with Gasteiger partial charge in [0, 0.05) is 29.3 Å². The van der Waals surface area contributed by atoms with E-state index in [4.69, 9.17) is 17.3 Å². The highest BCUT2D eigenvalue weighted by Gasteiger charge is 2.38. The Morgan fingerprint density at radius 3 is 2.89 bits per heavy atom. The van der Waals surface area contributed by atoms with Gasteiger partial charge in [0.1, 0.15) is 0 Å². The van der Waals surface area contributed by atoms with E-state index in [2.05, 4.69) is 17.0 Å². The van der Waals surface area contributed by atoms with Crippen molar-refractivity contribution >= 4 is 17.3 Å². The summed E-state index contributed by atoms with van der Waals surface area (Å²) in [5.74, 6) is 0.900. The van der Waals surface area contributed by atoms with Gasteiger partial charge >= 0.3 is 0 Å². The highest BCUT2D eigenvalue weighted by molar-refractivity contribution is 6.31. The minimum atomic E-state index is 0.156. The van der Waals surface area contributed by atoms with Crippen LogP contribution in [0.4, 0.5) is 5.69 Å². The minimum Gasteiger partial charge on any atom is -0.368 e. The smallest absolute Gasteiger partial charge is 0.0459 e. The summed E-state index contributed by atoms with van der Waals surface area (Å²) in [6, 6.07) is 7.15. The first-order valence-electron chi connectivity index (χ1n) is 6.94. The molecule has 0 aromatic heterocycles. The van der Waals surface area contributed by atoms with Crippen LogP contribution in [-0.4, -0.2) is 18.6 Å². The third kappa shape index (κ3) is 2.12. The molecule has 2 aliphatic rings. The zero-order valence-electron chi connectivity index (χ0n) is 10.9. The molecule has 3 atom stereocenters. The van der Waals surface area contributed by atoms with Crippen molar-refractivity contribution in [2.45, 2.75) is 44.7 Å². The monoisotopic (exact) mass is 264 g/mol. The Hall–Kier alpha value is -0.730. The molecular formula is C15H21ClN2. The molecule has 0 spiro atoms. The molecule has 0 radical (unpaired) electrons. The number of piperidine rings is 1. The SMILES string of the molecule is CC(N)Cc1c(Cl)cccc1N1CC2CCC1C2. The molecule has 1 aliphatic heterocycles. The summed E-state index contributed by atoms with van der Waals surface area (Å²) in [6.45, 7) is 3.25. The summed E-state index contributed by atoms with van der Waals surface area (Å²) >= 11 is 6.37. The zero-order chi connectivity index (χ0) is 12.7. The Kier molecular flexibility index (Phi) is 3.25. The molecule has 98 valence electrons. The number of rotatable bonds is 3. The Morgan fingerprint density at radius 2 is 2.28 bits per heavy atom. The molecule has 1 aliphatic carbocycles. The summed E-state index contributed by atoms with van der Waals surface area (Å²) in [6.07, 6.45) is 4.98. The van der Waals surface area contributed by atoms with E-state index in [1.165, 1.54) is 37.1 Å². The second kappa shape index (κ2) is 4.75. The molecule has 1 saturated heterocycles. The van der Waals surface area contributed by atoms with Gasteiger partial charge < -0.3 is 10.6 Å². The lowest BCUT2D eigenvalue weighted by atomic mass is 10.0. The predicted molar refractivity (Wildman–Crippen MR) is 77.3 cm³/mol. The van der Waals surface area contributed by atoms with E-state index in [9.17, 15) is 0 Å². The van der Waals surface area contributed by atoms with Crippen molar-refractivity contribution in [1.29, 1.82) is 0 Å². The Bertz CT molecular complexity index is 444. The Labute approximate surface area is 114 Å². The molecule has 18 heavy (non-hydrogen) atoms. The van der Waals surface area contributed by atoms with Crippen LogP contribution in [0.5, 0.6) is 0 Å². The van der Waals surface area contributed by atoms with Gasteiger partial charge in [0.2, 0.25) is 0 Å². The molecule has 1 aromatic carbocycles. The largest absolute Gasteiger partial charge is 0.368 e. The van der Waals surface area contributed by atoms with E-state index in [1.54, 1.807) is 0 Å². The number of fused-ring (bicyclic) bond motifs is 2. The number of hydrogen-bond donors (Lipinski definition) is 1. The van der Waals surface area contributed by atoms with E-state index in [0.29, 0.717) is 0 Å². The summed E-state index contributed by atoms with van der Waals surface area (Å²) < 4.78 is 0. The van der Waals surface area contributed by atoms with Crippen LogP contribution in [0.15, 0.2) is 18.2 Å². The lowest BCUT2D eigenvalue weighted by molar-refractivity contribution is 0.552. The van der Waals surface area contributed by atoms with Crippen LogP contribution in [0.25, 0.3) is 0 Å². The highest BCUT2D eigenvalue weighted by atomic mass is 35.5. The first-order valence-corrected chi connectivity index (χ1v) is 7.32. The van der Waals surface area contributed by atoms with Gasteiger partial charge in [0.05, 0.1) is 0 Å². The van der Waals surface area contributed by atoms with E-state index < -0.39 is 0 Å². The standard InChI is InChI=1S/C15H21ClN2/c1-10(17)7-13-14(16)3-2-4-15(13)18-9-11-5-6-12(18)8-11/h2-4,10-12H,5-9,17H2,1H3. The van der Waals surface area contributed by atoms with Gasteiger partial charge in [0.15, 0.2) is 0 Å². The molecule has 2 bridgehead atoms. The lowest BCUT2D eigenvalue weighted by Crippen LogP contribution is -2.33. The van der Waals surface area contributed by atoms with E-state index in [0.717, 1.165) is 23.4 Å². The first kappa shape index (κ1) is 12.3. The minimum absolute atomic E-state index is 0.156. The fourth-order valence-corrected chi connectivity index (χ4v) is 3.81. The second-order valence-electron chi connectivity index (χ2n) is 5.90. The highest BCUT2D eigenvalue weighted by Crippen LogP contribution is 2.42. The van der Waals surface area contributed by atoms with Crippen molar-refractivity contribution in [3.8, 4) is 0 Å². The quantitative estimate of drug-likeness (QED) is 0.908. The fraction of sp³-hybridized carbons (Fsp3) is 0.600.